The summed E-state index contributed by atoms with van der Waals surface area (Å²) >= 11 is 0. The van der Waals surface area contributed by atoms with Crippen molar-refractivity contribution in [3.8, 4) is 0 Å². The quantitative estimate of drug-likeness (QED) is 0.574. The number of carboxylic acids is 1. The van der Waals surface area contributed by atoms with Crippen LogP contribution in [0.25, 0.3) is 0 Å². The van der Waals surface area contributed by atoms with Gasteiger partial charge in [-0.3, -0.25) is 4.79 Å². The fourth-order valence-electron chi connectivity index (χ4n) is 1.59. The molecule has 0 aliphatic heterocycles. The number of hydrogen-bond acceptors (Lipinski definition) is 1. The van der Waals surface area contributed by atoms with Crippen LogP contribution in [-0.4, -0.2) is 11.1 Å². The number of aliphatic carboxylic acids is 1. The second kappa shape index (κ2) is 13.8. The largest absolute Gasteiger partial charge is 1.00 e. The third-order valence-electron chi connectivity index (χ3n) is 2.49. The maximum absolute atomic E-state index is 10.2. The molecule has 0 aromatic carbocycles. The SMILES string of the molecule is CCCCCCCCCCCC(=O)O.[Cl-]. The lowest BCUT2D eigenvalue weighted by atomic mass is 10.1. The van der Waals surface area contributed by atoms with Gasteiger partial charge in [-0.15, -0.1) is 0 Å². The highest BCUT2D eigenvalue weighted by molar-refractivity contribution is 5.66. The predicted molar refractivity (Wildman–Crippen MR) is 59.5 cm³/mol. The topological polar surface area (TPSA) is 37.3 Å². The zero-order chi connectivity index (χ0) is 10.6. The van der Waals surface area contributed by atoms with Crippen molar-refractivity contribution in [1.29, 1.82) is 0 Å². The first-order chi connectivity index (χ1) is 6.77. The fourth-order valence-corrected chi connectivity index (χ4v) is 1.59. The Kier molecular flexibility index (Phi) is 15.7. The highest BCUT2D eigenvalue weighted by atomic mass is 35.5. The van der Waals surface area contributed by atoms with Crippen molar-refractivity contribution in [2.45, 2.75) is 71.1 Å². The molecule has 0 radical (unpaired) electrons. The minimum absolute atomic E-state index is 0. The van der Waals surface area contributed by atoms with E-state index in [0.29, 0.717) is 6.42 Å². The van der Waals surface area contributed by atoms with Gasteiger partial charge in [-0.2, -0.15) is 0 Å². The van der Waals surface area contributed by atoms with E-state index in [1.165, 1.54) is 44.9 Å². The van der Waals surface area contributed by atoms with Crippen molar-refractivity contribution in [3.05, 3.63) is 0 Å². The summed E-state index contributed by atoms with van der Waals surface area (Å²) < 4.78 is 0. The highest BCUT2D eigenvalue weighted by Gasteiger charge is 1.96. The Morgan fingerprint density at radius 3 is 1.67 bits per heavy atom. The van der Waals surface area contributed by atoms with Crippen molar-refractivity contribution < 1.29 is 22.3 Å². The Labute approximate surface area is 99.9 Å². The summed E-state index contributed by atoms with van der Waals surface area (Å²) in [6.45, 7) is 2.23. The van der Waals surface area contributed by atoms with E-state index in [1.807, 2.05) is 0 Å². The van der Waals surface area contributed by atoms with Crippen LogP contribution in [0.2, 0.25) is 0 Å². The van der Waals surface area contributed by atoms with Gasteiger partial charge >= 0.3 is 5.97 Å². The summed E-state index contributed by atoms with van der Waals surface area (Å²) in [5.74, 6) is -0.659. The van der Waals surface area contributed by atoms with E-state index in [-0.39, 0.29) is 12.4 Å². The summed E-state index contributed by atoms with van der Waals surface area (Å²) in [6, 6.07) is 0. The molecule has 1 N–H and O–H groups in total. The number of carbonyl (C=O) groups is 1. The fraction of sp³-hybridized carbons (Fsp3) is 0.917. The lowest BCUT2D eigenvalue weighted by Gasteiger charge is -2.00. The minimum atomic E-state index is -0.659. The zero-order valence-electron chi connectivity index (χ0n) is 9.80. The molecule has 0 unspecified atom stereocenters. The molecule has 0 heterocycles. The molecule has 0 aliphatic rings. The molecule has 0 fully saturated rings. The third kappa shape index (κ3) is 16.4. The van der Waals surface area contributed by atoms with Gasteiger partial charge in [0.15, 0.2) is 0 Å². The molecule has 0 saturated carbocycles. The minimum Gasteiger partial charge on any atom is -1.00 e. The summed E-state index contributed by atoms with van der Waals surface area (Å²) in [5.41, 5.74) is 0. The number of carboxylic acid groups (broad SMARTS) is 1. The van der Waals surface area contributed by atoms with Crippen LogP contribution >= 0.6 is 0 Å². The van der Waals surface area contributed by atoms with E-state index >= 15 is 0 Å². The van der Waals surface area contributed by atoms with Crippen LogP contribution in [0, 0.1) is 0 Å². The molecule has 3 heteroatoms. The van der Waals surface area contributed by atoms with E-state index in [1.54, 1.807) is 0 Å². The van der Waals surface area contributed by atoms with Crippen LogP contribution in [0.15, 0.2) is 0 Å². The van der Waals surface area contributed by atoms with Crippen molar-refractivity contribution in [1.82, 2.24) is 0 Å². The lowest BCUT2D eigenvalue weighted by Crippen LogP contribution is -3.00. The van der Waals surface area contributed by atoms with Gasteiger partial charge in [-0.1, -0.05) is 58.3 Å². The Balaban J connectivity index is 0. The molecule has 0 bridgehead atoms. The van der Waals surface area contributed by atoms with Crippen molar-refractivity contribution in [2.75, 3.05) is 0 Å². The lowest BCUT2D eigenvalue weighted by molar-refractivity contribution is -0.137. The average Bonchev–Trinajstić information content (AvgIpc) is 2.15. The molecule has 0 rings (SSSR count). The first kappa shape index (κ1) is 17.2. The van der Waals surface area contributed by atoms with Crippen LogP contribution in [0.1, 0.15) is 71.1 Å². The van der Waals surface area contributed by atoms with Crippen LogP contribution in [0.4, 0.5) is 0 Å². The molecule has 0 aliphatic carbocycles. The van der Waals surface area contributed by atoms with Crippen molar-refractivity contribution >= 4 is 5.97 Å². The van der Waals surface area contributed by atoms with Gasteiger partial charge in [0.05, 0.1) is 0 Å². The van der Waals surface area contributed by atoms with E-state index in [9.17, 15) is 4.79 Å². The summed E-state index contributed by atoms with van der Waals surface area (Å²) in [6.07, 6.45) is 11.5. The molecule has 15 heavy (non-hydrogen) atoms. The highest BCUT2D eigenvalue weighted by Crippen LogP contribution is 2.10. The number of halogens is 1. The Hall–Kier alpha value is -0.240. The summed E-state index contributed by atoms with van der Waals surface area (Å²) in [7, 11) is 0. The van der Waals surface area contributed by atoms with Gasteiger partial charge in [0.1, 0.15) is 0 Å². The molecule has 0 spiro atoms. The molecule has 0 atom stereocenters. The van der Waals surface area contributed by atoms with Gasteiger partial charge in [0, 0.05) is 6.42 Å². The maximum atomic E-state index is 10.2. The molecule has 0 aromatic rings. The number of hydrogen-bond donors (Lipinski definition) is 1. The van der Waals surface area contributed by atoms with Crippen molar-refractivity contribution in [2.24, 2.45) is 0 Å². The maximum Gasteiger partial charge on any atom is 0.303 e. The first-order valence-electron chi connectivity index (χ1n) is 5.99. The van der Waals surface area contributed by atoms with E-state index in [0.717, 1.165) is 12.8 Å². The molecular formula is C12H24ClO2-. The van der Waals surface area contributed by atoms with Crippen molar-refractivity contribution in [3.63, 3.8) is 0 Å². The summed E-state index contributed by atoms with van der Waals surface area (Å²) in [4.78, 5) is 10.2. The second-order valence-corrected chi connectivity index (χ2v) is 3.97. The predicted octanol–water partition coefficient (Wildman–Crippen LogP) is 0.996. The molecule has 92 valence electrons. The Morgan fingerprint density at radius 1 is 0.867 bits per heavy atom. The van der Waals surface area contributed by atoms with Gasteiger partial charge in [-0.05, 0) is 6.42 Å². The number of unbranched alkanes of at least 4 members (excludes halogenated alkanes) is 8. The summed E-state index contributed by atoms with van der Waals surface area (Å²) in [5, 5.41) is 8.41. The van der Waals surface area contributed by atoms with E-state index < -0.39 is 5.97 Å². The third-order valence-corrected chi connectivity index (χ3v) is 2.49. The smallest absolute Gasteiger partial charge is 0.303 e. The molecular weight excluding hydrogens is 212 g/mol. The zero-order valence-corrected chi connectivity index (χ0v) is 10.6. The monoisotopic (exact) mass is 235 g/mol. The van der Waals surface area contributed by atoms with Gasteiger partial charge in [0.2, 0.25) is 0 Å². The van der Waals surface area contributed by atoms with Crippen LogP contribution in [0.3, 0.4) is 0 Å². The first-order valence-corrected chi connectivity index (χ1v) is 5.99. The number of rotatable bonds is 10. The van der Waals surface area contributed by atoms with E-state index in [2.05, 4.69) is 6.92 Å². The van der Waals surface area contributed by atoms with Crippen LogP contribution in [0.5, 0.6) is 0 Å². The Morgan fingerprint density at radius 2 is 1.27 bits per heavy atom. The normalized spacial score (nSPS) is 9.67. The molecule has 0 amide bonds. The van der Waals surface area contributed by atoms with Gasteiger partial charge in [-0.25, -0.2) is 0 Å². The second-order valence-electron chi connectivity index (χ2n) is 3.97. The average molecular weight is 236 g/mol. The van der Waals surface area contributed by atoms with Crippen LogP contribution < -0.4 is 12.4 Å². The Bertz CT molecular complexity index is 138. The van der Waals surface area contributed by atoms with E-state index in [4.69, 9.17) is 5.11 Å². The molecule has 0 saturated heterocycles. The van der Waals surface area contributed by atoms with Gasteiger partial charge < -0.3 is 17.5 Å². The standard InChI is InChI=1S/C12H24O2.ClH/c1-2-3-4-5-6-7-8-9-10-11-12(13)14;/h2-11H2,1H3,(H,13,14);1H/p-1. The molecule has 2 nitrogen and oxygen atoms in total. The molecule has 0 aromatic heterocycles. The van der Waals surface area contributed by atoms with Gasteiger partial charge in [0.25, 0.3) is 0 Å². The van der Waals surface area contributed by atoms with Crippen LogP contribution in [-0.2, 0) is 4.79 Å².